The number of benzene rings is 1. The molecule has 0 saturated carbocycles. The van der Waals surface area contributed by atoms with Crippen molar-refractivity contribution in [2.75, 3.05) is 18.9 Å². The van der Waals surface area contributed by atoms with Crippen molar-refractivity contribution in [1.82, 2.24) is 35.0 Å². The molecule has 1 amide bonds. The number of carbonyl (C=O) groups is 1. The monoisotopic (exact) mass is 488 g/mol. The molecule has 0 radical (unpaired) electrons. The molecule has 1 atom stereocenters. The molecule has 0 aliphatic carbocycles. The summed E-state index contributed by atoms with van der Waals surface area (Å²) in [6.45, 7) is 2.57. The molecule has 0 bridgehead atoms. The number of para-hydroxylation sites is 1. The summed E-state index contributed by atoms with van der Waals surface area (Å²) in [4.78, 5) is 29.8. The maximum absolute atomic E-state index is 14.4. The predicted octanol–water partition coefficient (Wildman–Crippen LogP) is 4.05. The molecule has 35 heavy (non-hydrogen) atoms. The summed E-state index contributed by atoms with van der Waals surface area (Å²) < 4.78 is 16.1. The SMILES string of the molecule is CNC(=O)c1c(F)cnc2c([C@H](C)CNc3cc(-c4csc(-n5cccn5)n4)ncn3)cccc12. The minimum atomic E-state index is -0.647. The number of hydrogen-bond acceptors (Lipinski definition) is 8. The Labute approximate surface area is 204 Å². The van der Waals surface area contributed by atoms with Gasteiger partial charge in [-0.25, -0.2) is 24.0 Å². The largest absolute Gasteiger partial charge is 0.369 e. The number of hydrogen-bond donors (Lipinski definition) is 2. The summed E-state index contributed by atoms with van der Waals surface area (Å²) in [5, 5.41) is 13.2. The number of aromatic nitrogens is 6. The lowest BCUT2D eigenvalue weighted by atomic mass is 9.96. The Bertz CT molecular complexity index is 1500. The first kappa shape index (κ1) is 22.5. The van der Waals surface area contributed by atoms with Gasteiger partial charge in [0.2, 0.25) is 5.13 Å². The molecule has 0 aliphatic rings. The van der Waals surface area contributed by atoms with Crippen molar-refractivity contribution in [3.63, 3.8) is 0 Å². The lowest BCUT2D eigenvalue weighted by Gasteiger charge is -2.16. The van der Waals surface area contributed by atoms with Gasteiger partial charge in [-0.05, 0) is 11.6 Å². The molecule has 1 aromatic carbocycles. The van der Waals surface area contributed by atoms with Crippen LogP contribution in [-0.4, -0.2) is 49.2 Å². The van der Waals surface area contributed by atoms with E-state index in [1.54, 1.807) is 16.9 Å². The lowest BCUT2D eigenvalue weighted by molar-refractivity contribution is 0.0960. The van der Waals surface area contributed by atoms with Gasteiger partial charge >= 0.3 is 0 Å². The maximum Gasteiger partial charge on any atom is 0.254 e. The number of nitrogens with one attached hydrogen (secondary N) is 2. The Balaban J connectivity index is 1.36. The molecule has 5 aromatic rings. The Kier molecular flexibility index (Phi) is 6.15. The second-order valence-corrected chi connectivity index (χ2v) is 8.68. The molecule has 176 valence electrons. The van der Waals surface area contributed by atoms with E-state index >= 15 is 0 Å². The fourth-order valence-electron chi connectivity index (χ4n) is 3.81. The number of carbonyl (C=O) groups excluding carboxylic acids is 1. The zero-order valence-corrected chi connectivity index (χ0v) is 19.8. The lowest BCUT2D eigenvalue weighted by Crippen LogP contribution is -2.20. The fraction of sp³-hybridized carbons (Fsp3) is 0.167. The summed E-state index contributed by atoms with van der Waals surface area (Å²) in [5.41, 5.74) is 2.93. The van der Waals surface area contributed by atoms with Gasteiger partial charge in [0.1, 0.15) is 17.8 Å². The van der Waals surface area contributed by atoms with Crippen LogP contribution in [0.3, 0.4) is 0 Å². The Hall–Kier alpha value is -4.25. The van der Waals surface area contributed by atoms with Crippen LogP contribution in [0.25, 0.3) is 27.4 Å². The summed E-state index contributed by atoms with van der Waals surface area (Å²) >= 11 is 1.48. The van der Waals surface area contributed by atoms with Crippen molar-refractivity contribution in [1.29, 1.82) is 0 Å². The van der Waals surface area contributed by atoms with Gasteiger partial charge in [-0.3, -0.25) is 9.78 Å². The van der Waals surface area contributed by atoms with Crippen molar-refractivity contribution in [3.05, 3.63) is 77.6 Å². The third-order valence-electron chi connectivity index (χ3n) is 5.58. The smallest absolute Gasteiger partial charge is 0.254 e. The maximum atomic E-state index is 14.4. The van der Waals surface area contributed by atoms with E-state index in [-0.39, 0.29) is 11.5 Å². The summed E-state index contributed by atoms with van der Waals surface area (Å²) in [6, 6.07) is 9.14. The van der Waals surface area contributed by atoms with Gasteiger partial charge in [0.25, 0.3) is 5.91 Å². The summed E-state index contributed by atoms with van der Waals surface area (Å²) in [5.74, 6) is -0.478. The van der Waals surface area contributed by atoms with Crippen LogP contribution in [-0.2, 0) is 0 Å². The van der Waals surface area contributed by atoms with E-state index in [1.807, 2.05) is 42.8 Å². The van der Waals surface area contributed by atoms with E-state index in [4.69, 9.17) is 0 Å². The van der Waals surface area contributed by atoms with E-state index in [0.717, 1.165) is 22.6 Å². The molecule has 4 heterocycles. The number of pyridine rings is 1. The highest BCUT2D eigenvalue weighted by Crippen LogP contribution is 2.28. The highest BCUT2D eigenvalue weighted by atomic mass is 32.1. The van der Waals surface area contributed by atoms with Gasteiger partial charge in [0.05, 0.1) is 23.0 Å². The van der Waals surface area contributed by atoms with E-state index in [0.29, 0.717) is 29.0 Å². The predicted molar refractivity (Wildman–Crippen MR) is 132 cm³/mol. The Morgan fingerprint density at radius 2 is 2.09 bits per heavy atom. The topological polar surface area (TPSA) is 111 Å². The molecule has 11 heteroatoms. The zero-order chi connectivity index (χ0) is 24.4. The molecule has 4 aromatic heterocycles. The van der Waals surface area contributed by atoms with E-state index in [1.165, 1.54) is 24.7 Å². The average Bonchev–Trinajstić information content (AvgIpc) is 3.59. The highest BCUT2D eigenvalue weighted by molar-refractivity contribution is 7.12. The number of halogens is 1. The first-order chi connectivity index (χ1) is 17.0. The molecule has 9 nitrogen and oxygen atoms in total. The first-order valence-electron chi connectivity index (χ1n) is 10.9. The van der Waals surface area contributed by atoms with Crippen molar-refractivity contribution >= 4 is 34.0 Å². The number of anilines is 1. The van der Waals surface area contributed by atoms with Crippen LogP contribution in [0.1, 0.15) is 28.8 Å². The van der Waals surface area contributed by atoms with Gasteiger partial charge in [0, 0.05) is 48.7 Å². The van der Waals surface area contributed by atoms with Crippen molar-refractivity contribution in [2.24, 2.45) is 0 Å². The standard InChI is InChI=1S/C24H21FN8OS/c1-14(15-5-3-6-16-21(23(34)26-2)17(25)11-28-22(15)16)10-27-20-9-18(29-13-30-20)19-12-35-24(32-19)33-8-4-7-31-33/h3-9,11-14H,10H2,1-2H3,(H,26,34)(H,27,29,30)/t14-/m1/s1. The number of amides is 1. The third kappa shape index (κ3) is 4.45. The van der Waals surface area contributed by atoms with Crippen molar-refractivity contribution in [3.8, 4) is 16.5 Å². The molecule has 0 spiro atoms. The fourth-order valence-corrected chi connectivity index (χ4v) is 4.56. The molecule has 0 aliphatic heterocycles. The second kappa shape index (κ2) is 9.55. The van der Waals surface area contributed by atoms with E-state index in [2.05, 4.69) is 35.7 Å². The second-order valence-electron chi connectivity index (χ2n) is 7.84. The zero-order valence-electron chi connectivity index (χ0n) is 18.9. The van der Waals surface area contributed by atoms with Crippen LogP contribution in [0.2, 0.25) is 0 Å². The van der Waals surface area contributed by atoms with Gasteiger partial charge < -0.3 is 10.6 Å². The first-order valence-corrected chi connectivity index (χ1v) is 11.7. The quantitative estimate of drug-likeness (QED) is 0.356. The molecule has 2 N–H and O–H groups in total. The van der Waals surface area contributed by atoms with Crippen molar-refractivity contribution in [2.45, 2.75) is 12.8 Å². The van der Waals surface area contributed by atoms with Gasteiger partial charge in [-0.2, -0.15) is 5.10 Å². The molecular weight excluding hydrogens is 467 g/mol. The Morgan fingerprint density at radius 3 is 2.89 bits per heavy atom. The number of rotatable bonds is 7. The van der Waals surface area contributed by atoms with Gasteiger partial charge in [0.15, 0.2) is 5.82 Å². The summed E-state index contributed by atoms with van der Waals surface area (Å²) in [6.07, 6.45) is 6.13. The summed E-state index contributed by atoms with van der Waals surface area (Å²) in [7, 11) is 1.48. The van der Waals surface area contributed by atoms with Gasteiger partial charge in [-0.15, -0.1) is 11.3 Å². The van der Waals surface area contributed by atoms with Crippen LogP contribution in [0.4, 0.5) is 10.2 Å². The number of fused-ring (bicyclic) bond motifs is 1. The van der Waals surface area contributed by atoms with Crippen LogP contribution in [0.15, 0.2) is 60.6 Å². The highest BCUT2D eigenvalue weighted by Gasteiger charge is 2.19. The molecule has 0 unspecified atom stereocenters. The minimum Gasteiger partial charge on any atom is -0.369 e. The molecular formula is C24H21FN8OS. The third-order valence-corrected chi connectivity index (χ3v) is 6.41. The van der Waals surface area contributed by atoms with Gasteiger partial charge in [-0.1, -0.05) is 25.1 Å². The average molecular weight is 489 g/mol. The Morgan fingerprint density at radius 1 is 1.20 bits per heavy atom. The van der Waals surface area contributed by atoms with E-state index < -0.39 is 11.7 Å². The number of thiazole rings is 1. The molecule has 5 rings (SSSR count). The van der Waals surface area contributed by atoms with Crippen LogP contribution >= 0.6 is 11.3 Å². The molecule has 0 fully saturated rings. The number of nitrogens with zero attached hydrogens (tertiary/aromatic N) is 6. The van der Waals surface area contributed by atoms with E-state index in [9.17, 15) is 9.18 Å². The normalized spacial score (nSPS) is 12.0. The van der Waals surface area contributed by atoms with Crippen molar-refractivity contribution < 1.29 is 9.18 Å². The minimum absolute atomic E-state index is 0.00157. The van der Waals surface area contributed by atoms with Crippen LogP contribution < -0.4 is 10.6 Å². The molecule has 0 saturated heterocycles. The van der Waals surface area contributed by atoms with Crippen LogP contribution in [0, 0.1) is 5.82 Å². The van der Waals surface area contributed by atoms with Crippen LogP contribution in [0.5, 0.6) is 0 Å².